The molecule has 0 saturated carbocycles. The average Bonchev–Trinajstić information content (AvgIpc) is 3.21. The summed E-state index contributed by atoms with van der Waals surface area (Å²) in [6.45, 7) is 2.04. The van der Waals surface area contributed by atoms with Crippen molar-refractivity contribution in [2.24, 2.45) is 0 Å². The lowest BCUT2D eigenvalue weighted by molar-refractivity contribution is -0.113. The normalized spacial score (nSPS) is 10.6. The van der Waals surface area contributed by atoms with Crippen molar-refractivity contribution in [3.05, 3.63) is 59.5 Å². The summed E-state index contributed by atoms with van der Waals surface area (Å²) < 4.78 is 16.0. The quantitative estimate of drug-likeness (QED) is 0.483. The zero-order valence-electron chi connectivity index (χ0n) is 17.3. The Kier molecular flexibility index (Phi) is 7.73. The molecule has 0 bridgehead atoms. The van der Waals surface area contributed by atoms with Crippen LogP contribution in [0.5, 0.6) is 11.5 Å². The molecule has 1 aromatic heterocycles. The molecule has 158 valence electrons. The van der Waals surface area contributed by atoms with Gasteiger partial charge in [-0.2, -0.15) is 0 Å². The molecular weight excluding hydrogens is 402 g/mol. The maximum Gasteiger partial charge on any atom is 0.277 e. The van der Waals surface area contributed by atoms with Crippen LogP contribution in [0.4, 0.5) is 5.69 Å². The van der Waals surface area contributed by atoms with Gasteiger partial charge in [-0.05, 0) is 61.2 Å². The van der Waals surface area contributed by atoms with E-state index in [-0.39, 0.29) is 11.7 Å². The highest BCUT2D eigenvalue weighted by Gasteiger charge is 2.10. The van der Waals surface area contributed by atoms with Gasteiger partial charge in [0.2, 0.25) is 11.8 Å². The van der Waals surface area contributed by atoms with Crippen molar-refractivity contribution in [2.45, 2.75) is 31.4 Å². The number of benzene rings is 2. The maximum atomic E-state index is 12.1. The van der Waals surface area contributed by atoms with E-state index in [1.165, 1.54) is 17.3 Å². The minimum Gasteiger partial charge on any atom is -0.497 e. The van der Waals surface area contributed by atoms with Gasteiger partial charge in [-0.25, -0.2) is 0 Å². The maximum absolute atomic E-state index is 12.1. The third-order valence-electron chi connectivity index (χ3n) is 4.46. The van der Waals surface area contributed by atoms with E-state index >= 15 is 0 Å². The molecule has 0 spiro atoms. The van der Waals surface area contributed by atoms with Crippen molar-refractivity contribution < 1.29 is 18.7 Å². The first kappa shape index (κ1) is 21.7. The van der Waals surface area contributed by atoms with E-state index in [4.69, 9.17) is 13.9 Å². The summed E-state index contributed by atoms with van der Waals surface area (Å²) in [4.78, 5) is 12.1. The summed E-state index contributed by atoms with van der Waals surface area (Å²) >= 11 is 1.22. The molecule has 7 nitrogen and oxygen atoms in total. The molecule has 0 saturated heterocycles. The SMILES string of the molecule is COc1ccc(NC(=O)CSc2nnc(CCCc3ccc(OC)c(C)c3)o2)cc1. The number of aromatic nitrogens is 2. The van der Waals surface area contributed by atoms with Gasteiger partial charge in [-0.3, -0.25) is 4.79 Å². The Morgan fingerprint density at radius 3 is 2.57 bits per heavy atom. The summed E-state index contributed by atoms with van der Waals surface area (Å²) in [6.07, 6.45) is 2.51. The molecule has 0 aliphatic heterocycles. The van der Waals surface area contributed by atoms with Crippen LogP contribution in [0.2, 0.25) is 0 Å². The fraction of sp³-hybridized carbons (Fsp3) is 0.318. The number of ether oxygens (including phenoxy) is 2. The molecule has 0 atom stereocenters. The van der Waals surface area contributed by atoms with E-state index in [9.17, 15) is 4.79 Å². The highest BCUT2D eigenvalue weighted by molar-refractivity contribution is 7.99. The Labute approximate surface area is 180 Å². The predicted molar refractivity (Wildman–Crippen MR) is 116 cm³/mol. The molecule has 8 heteroatoms. The number of methoxy groups -OCH3 is 2. The van der Waals surface area contributed by atoms with Gasteiger partial charge in [-0.1, -0.05) is 23.9 Å². The van der Waals surface area contributed by atoms with E-state index in [1.54, 1.807) is 38.5 Å². The van der Waals surface area contributed by atoms with Gasteiger partial charge < -0.3 is 19.2 Å². The summed E-state index contributed by atoms with van der Waals surface area (Å²) in [7, 11) is 3.28. The van der Waals surface area contributed by atoms with Crippen molar-refractivity contribution >= 4 is 23.4 Å². The average molecular weight is 428 g/mol. The number of rotatable bonds is 10. The molecule has 3 rings (SSSR count). The van der Waals surface area contributed by atoms with Crippen LogP contribution in [0.3, 0.4) is 0 Å². The lowest BCUT2D eigenvalue weighted by Crippen LogP contribution is -2.13. The number of aryl methyl sites for hydroxylation is 3. The molecule has 30 heavy (non-hydrogen) atoms. The highest BCUT2D eigenvalue weighted by atomic mass is 32.2. The van der Waals surface area contributed by atoms with Crippen molar-refractivity contribution in [1.29, 1.82) is 0 Å². The number of nitrogens with one attached hydrogen (secondary N) is 1. The summed E-state index contributed by atoms with van der Waals surface area (Å²) in [5.41, 5.74) is 3.08. The van der Waals surface area contributed by atoms with Crippen molar-refractivity contribution in [3.8, 4) is 11.5 Å². The van der Waals surface area contributed by atoms with E-state index in [2.05, 4.69) is 27.6 Å². The molecular formula is C22H25N3O4S. The molecule has 0 radical (unpaired) electrons. The number of carbonyl (C=O) groups is 1. The largest absolute Gasteiger partial charge is 0.497 e. The van der Waals surface area contributed by atoms with Crippen LogP contribution in [0.25, 0.3) is 0 Å². The molecule has 0 fully saturated rings. The number of hydrogen-bond acceptors (Lipinski definition) is 7. The van der Waals surface area contributed by atoms with E-state index < -0.39 is 0 Å². The van der Waals surface area contributed by atoms with Gasteiger partial charge in [0.15, 0.2) is 0 Å². The van der Waals surface area contributed by atoms with Crippen molar-refractivity contribution in [3.63, 3.8) is 0 Å². The molecule has 2 aromatic carbocycles. The second-order valence-electron chi connectivity index (χ2n) is 6.68. The highest BCUT2D eigenvalue weighted by Crippen LogP contribution is 2.21. The topological polar surface area (TPSA) is 86.5 Å². The zero-order chi connectivity index (χ0) is 21.3. The van der Waals surface area contributed by atoms with Crippen molar-refractivity contribution in [1.82, 2.24) is 10.2 Å². The van der Waals surface area contributed by atoms with Gasteiger partial charge in [0.05, 0.1) is 20.0 Å². The Bertz CT molecular complexity index is 973. The summed E-state index contributed by atoms with van der Waals surface area (Å²) in [5.74, 6) is 2.27. The molecule has 1 amide bonds. The zero-order valence-corrected chi connectivity index (χ0v) is 18.1. The lowest BCUT2D eigenvalue weighted by Gasteiger charge is -2.06. The summed E-state index contributed by atoms with van der Waals surface area (Å²) in [6, 6.07) is 13.4. The van der Waals surface area contributed by atoms with Crippen LogP contribution in [-0.4, -0.2) is 36.1 Å². The van der Waals surface area contributed by atoms with Crippen LogP contribution in [0.1, 0.15) is 23.4 Å². The Morgan fingerprint density at radius 1 is 1.07 bits per heavy atom. The number of anilines is 1. The number of carbonyl (C=O) groups excluding carboxylic acids is 1. The Balaban J connectivity index is 1.41. The molecule has 1 heterocycles. The monoisotopic (exact) mass is 427 g/mol. The molecule has 0 aliphatic carbocycles. The predicted octanol–water partition coefficient (Wildman–Crippen LogP) is 4.30. The number of amides is 1. The fourth-order valence-corrected chi connectivity index (χ4v) is 3.52. The third kappa shape index (κ3) is 6.25. The van der Waals surface area contributed by atoms with E-state index in [1.807, 2.05) is 13.0 Å². The minimum atomic E-state index is -0.139. The van der Waals surface area contributed by atoms with Crippen LogP contribution >= 0.6 is 11.8 Å². The lowest BCUT2D eigenvalue weighted by atomic mass is 10.1. The second-order valence-corrected chi connectivity index (χ2v) is 7.61. The molecule has 3 aromatic rings. The Hall–Kier alpha value is -3.00. The number of thioether (sulfide) groups is 1. The van der Waals surface area contributed by atoms with Crippen LogP contribution < -0.4 is 14.8 Å². The van der Waals surface area contributed by atoms with Crippen LogP contribution in [-0.2, 0) is 17.6 Å². The summed E-state index contributed by atoms with van der Waals surface area (Å²) in [5, 5.41) is 11.3. The first-order valence-electron chi connectivity index (χ1n) is 9.60. The molecule has 0 aliphatic rings. The second kappa shape index (κ2) is 10.7. The van der Waals surface area contributed by atoms with E-state index in [0.29, 0.717) is 23.2 Å². The smallest absolute Gasteiger partial charge is 0.277 e. The third-order valence-corrected chi connectivity index (χ3v) is 5.28. The van der Waals surface area contributed by atoms with Crippen molar-refractivity contribution in [2.75, 3.05) is 25.3 Å². The van der Waals surface area contributed by atoms with Gasteiger partial charge in [0.1, 0.15) is 11.5 Å². The fourth-order valence-electron chi connectivity index (χ4n) is 2.94. The standard InChI is InChI=1S/C22H25N3O4S/c1-15-13-16(7-12-19(15)28-3)5-4-6-21-24-25-22(29-21)30-14-20(26)23-17-8-10-18(27-2)11-9-17/h7-13H,4-6,14H2,1-3H3,(H,23,26). The van der Waals surface area contributed by atoms with Gasteiger partial charge in [-0.15, -0.1) is 10.2 Å². The van der Waals surface area contributed by atoms with Gasteiger partial charge in [0, 0.05) is 12.1 Å². The van der Waals surface area contributed by atoms with Gasteiger partial charge >= 0.3 is 0 Å². The van der Waals surface area contributed by atoms with E-state index in [0.717, 1.165) is 29.9 Å². The van der Waals surface area contributed by atoms with Crippen LogP contribution in [0, 0.1) is 6.92 Å². The molecule has 1 N–H and O–H groups in total. The van der Waals surface area contributed by atoms with Crippen LogP contribution in [0.15, 0.2) is 52.1 Å². The minimum absolute atomic E-state index is 0.139. The van der Waals surface area contributed by atoms with Gasteiger partial charge in [0.25, 0.3) is 5.22 Å². The number of nitrogens with zero attached hydrogens (tertiary/aromatic N) is 2. The first-order chi connectivity index (χ1) is 14.6. The first-order valence-corrected chi connectivity index (χ1v) is 10.6. The Morgan fingerprint density at radius 2 is 1.87 bits per heavy atom. The number of hydrogen-bond donors (Lipinski definition) is 1. The molecule has 0 unspecified atom stereocenters.